The monoisotopic (exact) mass is 335 g/mol. The topological polar surface area (TPSA) is 82.0 Å². The van der Waals surface area contributed by atoms with Gasteiger partial charge < -0.3 is 10.6 Å². The first-order chi connectivity index (χ1) is 11.8. The molecule has 2 aromatic rings. The molecule has 0 radical (unpaired) electrons. The van der Waals surface area contributed by atoms with Crippen LogP contribution in [0.25, 0.3) is 0 Å². The lowest BCUT2D eigenvalue weighted by molar-refractivity contribution is -0.135. The molecule has 0 saturated carbocycles. The van der Waals surface area contributed by atoms with Crippen molar-refractivity contribution in [2.24, 2.45) is 5.41 Å². The smallest absolute Gasteiger partial charge is 0.239 e. The van der Waals surface area contributed by atoms with Gasteiger partial charge >= 0.3 is 0 Å². The Morgan fingerprint density at radius 3 is 2.24 bits per heavy atom. The molecule has 2 N–H and O–H groups in total. The standard InChI is InChI=1S/C20H21N3O2/c1-13-9-10-16(11-14(13)2)22-18(24)20(3,4)19(25)23-17-8-6-5-7-15(17)12-21/h5-11H,1-4H3,(H,22,24)(H,23,25). The van der Waals surface area contributed by atoms with Crippen LogP contribution < -0.4 is 10.6 Å². The van der Waals surface area contributed by atoms with Gasteiger partial charge in [-0.25, -0.2) is 0 Å². The molecule has 0 aliphatic heterocycles. The Balaban J connectivity index is 2.16. The van der Waals surface area contributed by atoms with Gasteiger partial charge in [0.1, 0.15) is 11.5 Å². The number of nitrogens with zero attached hydrogens (tertiary/aromatic N) is 1. The van der Waals surface area contributed by atoms with Crippen LogP contribution in [0, 0.1) is 30.6 Å². The third-order valence-electron chi connectivity index (χ3n) is 4.20. The van der Waals surface area contributed by atoms with Crippen LogP contribution >= 0.6 is 0 Å². The number of rotatable bonds is 4. The van der Waals surface area contributed by atoms with Gasteiger partial charge in [-0.15, -0.1) is 0 Å². The summed E-state index contributed by atoms with van der Waals surface area (Å²) in [4.78, 5) is 25.2. The van der Waals surface area contributed by atoms with E-state index in [1.165, 1.54) is 0 Å². The van der Waals surface area contributed by atoms with E-state index >= 15 is 0 Å². The molecule has 0 unspecified atom stereocenters. The van der Waals surface area contributed by atoms with E-state index in [0.717, 1.165) is 11.1 Å². The first-order valence-electron chi connectivity index (χ1n) is 7.95. The number of amides is 2. The van der Waals surface area contributed by atoms with Crippen molar-refractivity contribution in [1.82, 2.24) is 0 Å². The Hall–Kier alpha value is -3.13. The van der Waals surface area contributed by atoms with Crippen molar-refractivity contribution in [3.8, 4) is 6.07 Å². The molecule has 0 bridgehead atoms. The molecule has 128 valence electrons. The Bertz CT molecular complexity index is 863. The van der Waals surface area contributed by atoms with Gasteiger partial charge in [0, 0.05) is 5.69 Å². The second-order valence-electron chi connectivity index (χ2n) is 6.49. The highest BCUT2D eigenvalue weighted by Crippen LogP contribution is 2.24. The lowest BCUT2D eigenvalue weighted by Crippen LogP contribution is -2.41. The molecule has 0 aliphatic carbocycles. The van der Waals surface area contributed by atoms with E-state index in [1.807, 2.05) is 32.0 Å². The summed E-state index contributed by atoms with van der Waals surface area (Å²) < 4.78 is 0. The summed E-state index contributed by atoms with van der Waals surface area (Å²) >= 11 is 0. The number of hydrogen-bond acceptors (Lipinski definition) is 3. The highest BCUT2D eigenvalue weighted by Gasteiger charge is 2.36. The van der Waals surface area contributed by atoms with Crippen LogP contribution in [0.1, 0.15) is 30.5 Å². The molecular formula is C20H21N3O2. The summed E-state index contributed by atoms with van der Waals surface area (Å²) in [7, 11) is 0. The summed E-state index contributed by atoms with van der Waals surface area (Å²) in [6, 6.07) is 14.3. The molecule has 2 rings (SSSR count). The van der Waals surface area contributed by atoms with E-state index < -0.39 is 17.2 Å². The lowest BCUT2D eigenvalue weighted by Gasteiger charge is -2.23. The maximum atomic E-state index is 12.6. The molecule has 0 heterocycles. The molecule has 0 fully saturated rings. The predicted molar refractivity (Wildman–Crippen MR) is 98.1 cm³/mol. The van der Waals surface area contributed by atoms with Crippen LogP contribution in [0.5, 0.6) is 0 Å². The molecule has 0 saturated heterocycles. The Morgan fingerprint density at radius 1 is 0.960 bits per heavy atom. The summed E-state index contributed by atoms with van der Waals surface area (Å²) in [6.45, 7) is 7.05. The number of para-hydroxylation sites is 1. The van der Waals surface area contributed by atoms with Gasteiger partial charge in [-0.1, -0.05) is 18.2 Å². The SMILES string of the molecule is Cc1ccc(NC(=O)C(C)(C)C(=O)Nc2ccccc2C#N)cc1C. The Morgan fingerprint density at radius 2 is 1.60 bits per heavy atom. The van der Waals surface area contributed by atoms with Gasteiger partial charge in [0.15, 0.2) is 0 Å². The summed E-state index contributed by atoms with van der Waals surface area (Å²) in [5.74, 6) is -0.890. The summed E-state index contributed by atoms with van der Waals surface area (Å²) in [5, 5.41) is 14.6. The molecule has 5 heteroatoms. The average Bonchev–Trinajstić information content (AvgIpc) is 2.58. The quantitative estimate of drug-likeness (QED) is 0.834. The minimum absolute atomic E-state index is 0.348. The van der Waals surface area contributed by atoms with Crippen LogP contribution in [-0.4, -0.2) is 11.8 Å². The first-order valence-corrected chi connectivity index (χ1v) is 7.95. The fourth-order valence-corrected chi connectivity index (χ4v) is 2.18. The van der Waals surface area contributed by atoms with Crippen molar-refractivity contribution >= 4 is 23.2 Å². The van der Waals surface area contributed by atoms with Gasteiger partial charge in [-0.3, -0.25) is 9.59 Å². The molecule has 0 aromatic heterocycles. The number of carbonyl (C=O) groups is 2. The third kappa shape index (κ3) is 4.04. The number of hydrogen-bond donors (Lipinski definition) is 2. The van der Waals surface area contributed by atoms with E-state index in [-0.39, 0.29) is 0 Å². The zero-order chi connectivity index (χ0) is 18.6. The number of carbonyl (C=O) groups excluding carboxylic acids is 2. The highest BCUT2D eigenvalue weighted by atomic mass is 16.2. The average molecular weight is 335 g/mol. The number of anilines is 2. The fourth-order valence-electron chi connectivity index (χ4n) is 2.18. The Labute approximate surface area is 147 Å². The molecular weight excluding hydrogens is 314 g/mol. The number of nitrogens with one attached hydrogen (secondary N) is 2. The van der Waals surface area contributed by atoms with Crippen LogP contribution in [-0.2, 0) is 9.59 Å². The van der Waals surface area contributed by atoms with Gasteiger partial charge in [-0.2, -0.15) is 5.26 Å². The molecule has 5 nitrogen and oxygen atoms in total. The van der Waals surface area contributed by atoms with Crippen molar-refractivity contribution in [2.45, 2.75) is 27.7 Å². The number of nitriles is 1. The van der Waals surface area contributed by atoms with Gasteiger partial charge in [-0.05, 0) is 63.1 Å². The zero-order valence-corrected chi connectivity index (χ0v) is 14.8. The second kappa shape index (κ2) is 7.18. The Kier molecular flexibility index (Phi) is 5.23. The predicted octanol–water partition coefficient (Wildman–Crippen LogP) is 3.78. The van der Waals surface area contributed by atoms with E-state index in [4.69, 9.17) is 5.26 Å². The van der Waals surface area contributed by atoms with Gasteiger partial charge in [0.05, 0.1) is 11.3 Å². The fraction of sp³-hybridized carbons (Fsp3) is 0.250. The summed E-state index contributed by atoms with van der Waals surface area (Å²) in [6.07, 6.45) is 0. The van der Waals surface area contributed by atoms with Crippen molar-refractivity contribution in [2.75, 3.05) is 10.6 Å². The third-order valence-corrected chi connectivity index (χ3v) is 4.20. The van der Waals surface area contributed by atoms with Crippen LogP contribution in [0.4, 0.5) is 11.4 Å². The zero-order valence-electron chi connectivity index (χ0n) is 14.8. The normalized spacial score (nSPS) is 10.7. The van der Waals surface area contributed by atoms with Gasteiger partial charge in [0.2, 0.25) is 11.8 Å². The molecule has 0 aliphatic rings. The first kappa shape index (κ1) is 18.2. The minimum Gasteiger partial charge on any atom is -0.325 e. The number of benzene rings is 2. The highest BCUT2D eigenvalue weighted by molar-refractivity contribution is 6.14. The van der Waals surface area contributed by atoms with E-state index in [9.17, 15) is 9.59 Å². The molecule has 25 heavy (non-hydrogen) atoms. The second-order valence-corrected chi connectivity index (χ2v) is 6.49. The molecule has 0 spiro atoms. The maximum absolute atomic E-state index is 12.6. The van der Waals surface area contributed by atoms with Gasteiger partial charge in [0.25, 0.3) is 0 Å². The van der Waals surface area contributed by atoms with Crippen LogP contribution in [0.15, 0.2) is 42.5 Å². The maximum Gasteiger partial charge on any atom is 0.239 e. The number of aryl methyl sites for hydroxylation is 2. The molecule has 2 amide bonds. The minimum atomic E-state index is -1.30. The van der Waals surface area contributed by atoms with E-state index in [0.29, 0.717) is 16.9 Å². The van der Waals surface area contributed by atoms with Crippen LogP contribution in [0.2, 0.25) is 0 Å². The van der Waals surface area contributed by atoms with Crippen molar-refractivity contribution < 1.29 is 9.59 Å². The molecule has 2 aromatic carbocycles. The molecule has 0 atom stereocenters. The van der Waals surface area contributed by atoms with Crippen molar-refractivity contribution in [3.05, 3.63) is 59.2 Å². The van der Waals surface area contributed by atoms with E-state index in [1.54, 1.807) is 44.2 Å². The van der Waals surface area contributed by atoms with Crippen LogP contribution in [0.3, 0.4) is 0 Å². The van der Waals surface area contributed by atoms with E-state index in [2.05, 4.69) is 10.6 Å². The lowest BCUT2D eigenvalue weighted by atomic mass is 9.90. The van der Waals surface area contributed by atoms with Crippen molar-refractivity contribution in [3.63, 3.8) is 0 Å². The van der Waals surface area contributed by atoms with Crippen molar-refractivity contribution in [1.29, 1.82) is 5.26 Å². The largest absolute Gasteiger partial charge is 0.325 e. The summed E-state index contributed by atoms with van der Waals surface area (Å²) in [5.41, 5.74) is 2.27.